The first-order valence-corrected chi connectivity index (χ1v) is 9.30. The molecule has 0 aromatic carbocycles. The highest BCUT2D eigenvalue weighted by Crippen LogP contribution is 2.31. The van der Waals surface area contributed by atoms with Crippen LogP contribution < -0.4 is 9.80 Å². The van der Waals surface area contributed by atoms with E-state index in [1.165, 1.54) is 0 Å². The fourth-order valence-electron chi connectivity index (χ4n) is 2.61. The lowest BCUT2D eigenvalue weighted by molar-refractivity contribution is 0.382. The molecule has 0 radical (unpaired) electrons. The maximum atomic E-state index is 12.3. The van der Waals surface area contributed by atoms with E-state index in [9.17, 15) is 8.42 Å². The Hall–Kier alpha value is -1.41. The fraction of sp³-hybridized carbons (Fsp3) is 0.714. The van der Waals surface area contributed by atoms with Gasteiger partial charge in [-0.15, -0.1) is 0 Å². The molecule has 3 rings (SSSR count). The summed E-state index contributed by atoms with van der Waals surface area (Å²) in [5, 5.41) is 0. The minimum atomic E-state index is -3.08. The maximum absolute atomic E-state index is 12.3. The molecule has 1 saturated heterocycles. The van der Waals surface area contributed by atoms with E-state index < -0.39 is 10.0 Å². The summed E-state index contributed by atoms with van der Waals surface area (Å²) >= 11 is 0. The van der Waals surface area contributed by atoms with Crippen molar-refractivity contribution in [1.82, 2.24) is 14.3 Å². The standard InChI is InChI=1S/C14H23N5O2S/c1-17(2)14-15-6-5-13(16-14)18-7-9-19(10-8-18)22(20,21)11-12-3-4-12/h5-6,12H,3-4,7-11H2,1-2H3. The SMILES string of the molecule is CN(C)c1nccc(N2CCN(S(=O)(=O)CC3CC3)CC2)n1. The molecule has 1 aliphatic heterocycles. The molecule has 1 aromatic rings. The van der Waals surface area contributed by atoms with Crippen LogP contribution in [-0.4, -0.2) is 68.7 Å². The Labute approximate surface area is 132 Å². The van der Waals surface area contributed by atoms with Gasteiger partial charge in [0.1, 0.15) is 5.82 Å². The zero-order chi connectivity index (χ0) is 15.7. The lowest BCUT2D eigenvalue weighted by Crippen LogP contribution is -2.49. The van der Waals surface area contributed by atoms with Crippen molar-refractivity contribution in [2.75, 3.05) is 55.8 Å². The van der Waals surface area contributed by atoms with E-state index in [0.717, 1.165) is 18.7 Å². The molecule has 7 nitrogen and oxygen atoms in total. The molecule has 0 bridgehead atoms. The fourth-order valence-corrected chi connectivity index (χ4v) is 4.47. The van der Waals surface area contributed by atoms with Gasteiger partial charge in [-0.3, -0.25) is 0 Å². The van der Waals surface area contributed by atoms with Crippen LogP contribution in [0.1, 0.15) is 12.8 Å². The van der Waals surface area contributed by atoms with Gasteiger partial charge >= 0.3 is 0 Å². The van der Waals surface area contributed by atoms with Gasteiger partial charge in [0.05, 0.1) is 5.75 Å². The van der Waals surface area contributed by atoms with Gasteiger partial charge in [0.25, 0.3) is 0 Å². The molecule has 22 heavy (non-hydrogen) atoms. The number of sulfonamides is 1. The Morgan fingerprint density at radius 1 is 1.23 bits per heavy atom. The molecule has 122 valence electrons. The van der Waals surface area contributed by atoms with Crippen molar-refractivity contribution in [3.8, 4) is 0 Å². The average molecular weight is 325 g/mol. The van der Waals surface area contributed by atoms with Crippen molar-refractivity contribution in [2.45, 2.75) is 12.8 Å². The Morgan fingerprint density at radius 2 is 1.91 bits per heavy atom. The van der Waals surface area contributed by atoms with Gasteiger partial charge in [-0.1, -0.05) is 0 Å². The summed E-state index contributed by atoms with van der Waals surface area (Å²) in [5.74, 6) is 2.25. The van der Waals surface area contributed by atoms with Gasteiger partial charge in [-0.05, 0) is 24.8 Å². The van der Waals surface area contributed by atoms with Gasteiger partial charge in [-0.2, -0.15) is 9.29 Å². The zero-order valence-electron chi connectivity index (χ0n) is 13.1. The van der Waals surface area contributed by atoms with Crippen LogP contribution in [0.3, 0.4) is 0 Å². The Bertz CT molecular complexity index is 622. The number of aromatic nitrogens is 2. The van der Waals surface area contributed by atoms with E-state index in [2.05, 4.69) is 14.9 Å². The van der Waals surface area contributed by atoms with Gasteiger partial charge in [0.15, 0.2) is 0 Å². The Balaban J connectivity index is 1.62. The highest BCUT2D eigenvalue weighted by atomic mass is 32.2. The third-order valence-electron chi connectivity index (χ3n) is 4.13. The van der Waals surface area contributed by atoms with Gasteiger partial charge < -0.3 is 9.80 Å². The maximum Gasteiger partial charge on any atom is 0.226 e. The molecule has 2 fully saturated rings. The molecule has 1 aromatic heterocycles. The van der Waals surface area contributed by atoms with Crippen molar-refractivity contribution in [2.24, 2.45) is 5.92 Å². The number of nitrogens with zero attached hydrogens (tertiary/aromatic N) is 5. The Morgan fingerprint density at radius 3 is 2.50 bits per heavy atom. The summed E-state index contributed by atoms with van der Waals surface area (Å²) < 4.78 is 26.2. The molecule has 8 heteroatoms. The third kappa shape index (κ3) is 3.49. The van der Waals surface area contributed by atoms with Crippen molar-refractivity contribution in [3.63, 3.8) is 0 Å². The topological polar surface area (TPSA) is 69.6 Å². The van der Waals surface area contributed by atoms with Crippen molar-refractivity contribution in [3.05, 3.63) is 12.3 Å². The second-order valence-corrected chi connectivity index (χ2v) is 8.23. The van der Waals surface area contributed by atoms with E-state index in [-0.39, 0.29) is 0 Å². The van der Waals surface area contributed by atoms with Crippen LogP contribution in [-0.2, 0) is 10.0 Å². The van der Waals surface area contributed by atoms with Crippen LogP contribution in [0, 0.1) is 5.92 Å². The minimum Gasteiger partial charge on any atom is -0.354 e. The predicted octanol–water partition coefficient (Wildman–Crippen LogP) is 0.404. The summed E-state index contributed by atoms with van der Waals surface area (Å²) in [5.41, 5.74) is 0. The van der Waals surface area contributed by atoms with Crippen molar-refractivity contribution in [1.29, 1.82) is 0 Å². The molecule has 2 aliphatic rings. The van der Waals surface area contributed by atoms with Crippen LogP contribution in [0.2, 0.25) is 0 Å². The lowest BCUT2D eigenvalue weighted by atomic mass is 10.3. The highest BCUT2D eigenvalue weighted by molar-refractivity contribution is 7.89. The van der Waals surface area contributed by atoms with Crippen LogP contribution in [0.5, 0.6) is 0 Å². The number of hydrogen-bond acceptors (Lipinski definition) is 6. The van der Waals surface area contributed by atoms with Crippen LogP contribution in [0.25, 0.3) is 0 Å². The number of rotatable bonds is 5. The number of piperazine rings is 1. The Kier molecular flexibility index (Phi) is 4.22. The molecule has 1 aliphatic carbocycles. The second-order valence-electron chi connectivity index (χ2n) is 6.22. The van der Waals surface area contributed by atoms with Gasteiger partial charge in [0, 0.05) is 46.5 Å². The molecular formula is C14H23N5O2S. The molecule has 0 unspecified atom stereocenters. The first-order valence-electron chi connectivity index (χ1n) is 7.69. The first-order chi connectivity index (χ1) is 10.5. The molecule has 1 saturated carbocycles. The zero-order valence-corrected chi connectivity index (χ0v) is 14.0. The van der Waals surface area contributed by atoms with E-state index in [1.54, 1.807) is 10.5 Å². The average Bonchev–Trinajstić information content (AvgIpc) is 3.31. The largest absolute Gasteiger partial charge is 0.354 e. The van der Waals surface area contributed by atoms with Crippen LogP contribution in [0.15, 0.2) is 12.3 Å². The summed E-state index contributed by atoms with van der Waals surface area (Å²) in [6.07, 6.45) is 3.87. The molecule has 0 atom stereocenters. The van der Waals surface area contributed by atoms with E-state index >= 15 is 0 Å². The molecule has 0 spiro atoms. The van der Waals surface area contributed by atoms with Crippen LogP contribution in [0.4, 0.5) is 11.8 Å². The second kappa shape index (κ2) is 6.00. The molecule has 2 heterocycles. The number of hydrogen-bond donors (Lipinski definition) is 0. The normalized spacial score (nSPS) is 20.2. The minimum absolute atomic E-state index is 0.325. The first kappa shape index (κ1) is 15.5. The monoisotopic (exact) mass is 325 g/mol. The smallest absolute Gasteiger partial charge is 0.226 e. The van der Waals surface area contributed by atoms with E-state index in [1.807, 2.05) is 25.1 Å². The number of anilines is 2. The lowest BCUT2D eigenvalue weighted by Gasteiger charge is -2.34. The van der Waals surface area contributed by atoms with Gasteiger partial charge in [0.2, 0.25) is 16.0 Å². The molecule has 0 amide bonds. The van der Waals surface area contributed by atoms with Crippen molar-refractivity contribution >= 4 is 21.8 Å². The van der Waals surface area contributed by atoms with Crippen molar-refractivity contribution < 1.29 is 8.42 Å². The van der Waals surface area contributed by atoms with Gasteiger partial charge in [-0.25, -0.2) is 13.4 Å². The summed E-state index contributed by atoms with van der Waals surface area (Å²) in [4.78, 5) is 12.7. The quantitative estimate of drug-likeness (QED) is 0.781. The molecule has 0 N–H and O–H groups in total. The van der Waals surface area contributed by atoms with Crippen LogP contribution >= 0.6 is 0 Å². The van der Waals surface area contributed by atoms with E-state index in [4.69, 9.17) is 0 Å². The molecular weight excluding hydrogens is 302 g/mol. The summed E-state index contributed by atoms with van der Waals surface area (Å²) in [7, 11) is 0.727. The third-order valence-corrected chi connectivity index (χ3v) is 6.17. The highest BCUT2D eigenvalue weighted by Gasteiger charge is 2.33. The summed E-state index contributed by atoms with van der Waals surface area (Å²) in [6.45, 7) is 2.42. The summed E-state index contributed by atoms with van der Waals surface area (Å²) in [6, 6.07) is 1.88. The predicted molar refractivity (Wildman–Crippen MR) is 86.7 cm³/mol. The van der Waals surface area contributed by atoms with E-state index in [0.29, 0.717) is 43.8 Å².